The van der Waals surface area contributed by atoms with E-state index < -0.39 is 0 Å². The molecule has 1 atom stereocenters. The van der Waals surface area contributed by atoms with Gasteiger partial charge in [-0.3, -0.25) is 0 Å². The molecular weight excluding hydrogens is 224 g/mol. The van der Waals surface area contributed by atoms with Crippen LogP contribution in [0.5, 0.6) is 0 Å². The van der Waals surface area contributed by atoms with Crippen molar-refractivity contribution in [1.82, 2.24) is 9.97 Å². The average molecular weight is 240 g/mol. The molecule has 0 aliphatic rings. The smallest absolute Gasteiger partial charge is 0.175 e. The monoisotopic (exact) mass is 240 g/mol. The van der Waals surface area contributed by atoms with Crippen molar-refractivity contribution in [3.8, 4) is 0 Å². The molecule has 3 rings (SSSR count). The molecule has 1 unspecified atom stereocenters. The molecule has 0 radical (unpaired) electrons. The third-order valence-electron chi connectivity index (χ3n) is 3.44. The summed E-state index contributed by atoms with van der Waals surface area (Å²) in [5.41, 5.74) is 3.69. The summed E-state index contributed by atoms with van der Waals surface area (Å²) < 4.78 is 5.94. The van der Waals surface area contributed by atoms with E-state index in [1.54, 1.807) is 0 Å². The largest absolute Gasteiger partial charge is 0.452 e. The van der Waals surface area contributed by atoms with Gasteiger partial charge in [0.15, 0.2) is 5.58 Å². The Morgan fingerprint density at radius 3 is 2.78 bits per heavy atom. The van der Waals surface area contributed by atoms with Crippen LogP contribution in [0.25, 0.3) is 22.1 Å². The zero-order chi connectivity index (χ0) is 12.7. The summed E-state index contributed by atoms with van der Waals surface area (Å²) in [6, 6.07) is 8.02. The van der Waals surface area contributed by atoms with Gasteiger partial charge in [-0.15, -0.1) is 0 Å². The molecule has 0 bridgehead atoms. The summed E-state index contributed by atoms with van der Waals surface area (Å²) in [5, 5.41) is 1.07. The van der Waals surface area contributed by atoms with Gasteiger partial charge in [0.1, 0.15) is 16.9 Å². The number of aromatic nitrogens is 2. The van der Waals surface area contributed by atoms with Crippen LogP contribution < -0.4 is 0 Å². The van der Waals surface area contributed by atoms with Crippen LogP contribution in [0.1, 0.15) is 37.7 Å². The van der Waals surface area contributed by atoms with Gasteiger partial charge in [0.25, 0.3) is 0 Å². The van der Waals surface area contributed by atoms with Crippen LogP contribution in [-0.2, 0) is 0 Å². The lowest BCUT2D eigenvalue weighted by Gasteiger charge is -2.08. The number of rotatable bonds is 2. The van der Waals surface area contributed by atoms with Crippen molar-refractivity contribution < 1.29 is 4.42 Å². The van der Waals surface area contributed by atoms with Crippen molar-refractivity contribution in [3.63, 3.8) is 0 Å². The molecule has 0 N–H and O–H groups in total. The molecule has 0 saturated carbocycles. The van der Waals surface area contributed by atoms with Gasteiger partial charge in [-0.25, -0.2) is 9.97 Å². The Labute approximate surface area is 106 Å². The van der Waals surface area contributed by atoms with Crippen LogP contribution in [0, 0.1) is 6.92 Å². The van der Waals surface area contributed by atoms with Crippen LogP contribution in [0.15, 0.2) is 28.7 Å². The molecule has 0 amide bonds. The molecule has 1 aromatic carbocycles. The van der Waals surface area contributed by atoms with Gasteiger partial charge in [0.2, 0.25) is 0 Å². The Bertz CT molecular complexity index is 715. The minimum atomic E-state index is 0.384. The quantitative estimate of drug-likeness (QED) is 0.674. The van der Waals surface area contributed by atoms with Crippen molar-refractivity contribution in [1.29, 1.82) is 0 Å². The number of furan rings is 1. The highest BCUT2D eigenvalue weighted by atomic mass is 16.3. The molecule has 0 aliphatic carbocycles. The second-order valence-electron chi connectivity index (χ2n) is 4.74. The Balaban J connectivity index is 2.43. The number of nitrogens with zero attached hydrogens (tertiary/aromatic N) is 2. The van der Waals surface area contributed by atoms with Crippen molar-refractivity contribution >= 4 is 22.1 Å². The topological polar surface area (TPSA) is 38.9 Å². The number of benzene rings is 1. The van der Waals surface area contributed by atoms with E-state index in [1.165, 1.54) is 0 Å². The highest BCUT2D eigenvalue weighted by Gasteiger charge is 2.17. The Kier molecular flexibility index (Phi) is 2.54. The standard InChI is InChI=1S/C15H16N2O/c1-4-9(2)13-15-14(17-10(3)16-13)11-7-5-6-8-12(11)18-15/h5-9H,4H2,1-3H3. The Morgan fingerprint density at radius 1 is 1.22 bits per heavy atom. The van der Waals surface area contributed by atoms with Crippen LogP contribution in [-0.4, -0.2) is 9.97 Å². The molecule has 2 aromatic heterocycles. The van der Waals surface area contributed by atoms with Crippen LogP contribution in [0.2, 0.25) is 0 Å². The molecule has 0 saturated heterocycles. The summed E-state index contributed by atoms with van der Waals surface area (Å²) >= 11 is 0. The van der Waals surface area contributed by atoms with Gasteiger partial charge in [-0.05, 0) is 25.5 Å². The summed E-state index contributed by atoms with van der Waals surface area (Å²) in [5.74, 6) is 1.19. The molecule has 0 aliphatic heterocycles. The predicted molar refractivity (Wildman–Crippen MR) is 72.8 cm³/mol. The molecule has 3 nitrogen and oxygen atoms in total. The fourth-order valence-corrected chi connectivity index (χ4v) is 2.26. The summed E-state index contributed by atoms with van der Waals surface area (Å²) in [4.78, 5) is 9.10. The van der Waals surface area contributed by atoms with E-state index in [0.717, 1.165) is 40.0 Å². The molecule has 0 spiro atoms. The number of hydrogen-bond acceptors (Lipinski definition) is 3. The predicted octanol–water partition coefficient (Wildman–Crippen LogP) is 4.20. The van der Waals surface area contributed by atoms with E-state index >= 15 is 0 Å². The molecule has 3 heteroatoms. The van der Waals surface area contributed by atoms with Gasteiger partial charge in [-0.2, -0.15) is 0 Å². The Morgan fingerprint density at radius 2 is 2.00 bits per heavy atom. The summed E-state index contributed by atoms with van der Waals surface area (Å²) in [6.07, 6.45) is 1.04. The van der Waals surface area contributed by atoms with Crippen molar-refractivity contribution in [3.05, 3.63) is 35.8 Å². The fraction of sp³-hybridized carbons (Fsp3) is 0.333. The first-order chi connectivity index (χ1) is 8.70. The maximum absolute atomic E-state index is 5.94. The minimum Gasteiger partial charge on any atom is -0.452 e. The molecule has 92 valence electrons. The third kappa shape index (κ3) is 1.58. The second-order valence-corrected chi connectivity index (χ2v) is 4.74. The van der Waals surface area contributed by atoms with E-state index in [-0.39, 0.29) is 0 Å². The van der Waals surface area contributed by atoms with E-state index in [9.17, 15) is 0 Å². The third-order valence-corrected chi connectivity index (χ3v) is 3.44. The molecule has 2 heterocycles. The van der Waals surface area contributed by atoms with Crippen molar-refractivity contribution in [2.75, 3.05) is 0 Å². The lowest BCUT2D eigenvalue weighted by Crippen LogP contribution is -2.00. The number of para-hydroxylation sites is 1. The second kappa shape index (κ2) is 4.09. The summed E-state index contributed by atoms with van der Waals surface area (Å²) in [6.45, 7) is 6.28. The first-order valence-corrected chi connectivity index (χ1v) is 6.36. The lowest BCUT2D eigenvalue weighted by atomic mass is 10.0. The molecular formula is C15H16N2O. The maximum Gasteiger partial charge on any atom is 0.175 e. The first-order valence-electron chi connectivity index (χ1n) is 6.36. The van der Waals surface area contributed by atoms with Gasteiger partial charge < -0.3 is 4.42 Å². The highest BCUT2D eigenvalue weighted by molar-refractivity contribution is 6.03. The van der Waals surface area contributed by atoms with Crippen LogP contribution in [0.3, 0.4) is 0 Å². The lowest BCUT2D eigenvalue weighted by molar-refractivity contribution is 0.631. The number of fused-ring (bicyclic) bond motifs is 3. The SMILES string of the molecule is CCC(C)c1nc(C)nc2c1oc1ccccc12. The van der Waals surface area contributed by atoms with Crippen LogP contribution in [0.4, 0.5) is 0 Å². The molecule has 18 heavy (non-hydrogen) atoms. The first kappa shape index (κ1) is 11.2. The number of aryl methyl sites for hydroxylation is 1. The number of hydrogen-bond donors (Lipinski definition) is 0. The van der Waals surface area contributed by atoms with Gasteiger partial charge in [0.05, 0.1) is 5.69 Å². The van der Waals surface area contributed by atoms with E-state index in [1.807, 2.05) is 31.2 Å². The van der Waals surface area contributed by atoms with Crippen molar-refractivity contribution in [2.24, 2.45) is 0 Å². The van der Waals surface area contributed by atoms with Gasteiger partial charge in [-0.1, -0.05) is 26.0 Å². The van der Waals surface area contributed by atoms with Gasteiger partial charge >= 0.3 is 0 Å². The summed E-state index contributed by atoms with van der Waals surface area (Å²) in [7, 11) is 0. The van der Waals surface area contributed by atoms with Crippen LogP contribution >= 0.6 is 0 Å². The maximum atomic E-state index is 5.94. The molecule has 0 fully saturated rings. The zero-order valence-electron chi connectivity index (χ0n) is 10.9. The molecule has 3 aromatic rings. The van der Waals surface area contributed by atoms with Crippen molar-refractivity contribution in [2.45, 2.75) is 33.1 Å². The Hall–Kier alpha value is -1.90. The fourth-order valence-electron chi connectivity index (χ4n) is 2.26. The van der Waals surface area contributed by atoms with Gasteiger partial charge in [0, 0.05) is 11.3 Å². The van der Waals surface area contributed by atoms with E-state index in [2.05, 4.69) is 23.8 Å². The highest BCUT2D eigenvalue weighted by Crippen LogP contribution is 2.32. The normalized spacial score (nSPS) is 13.3. The van der Waals surface area contributed by atoms with E-state index in [4.69, 9.17) is 4.42 Å². The zero-order valence-corrected chi connectivity index (χ0v) is 10.9. The van der Waals surface area contributed by atoms with E-state index in [0.29, 0.717) is 5.92 Å². The minimum absolute atomic E-state index is 0.384. The average Bonchev–Trinajstić information content (AvgIpc) is 2.75.